The Kier molecular flexibility index (Phi) is 56.0. The van der Waals surface area contributed by atoms with Gasteiger partial charge in [0.2, 0.25) is 0 Å². The Morgan fingerprint density at radius 2 is 0.272 bits per heavy atom. The second kappa shape index (κ2) is 62.9. The van der Waals surface area contributed by atoms with Crippen molar-refractivity contribution in [1.82, 2.24) is 0 Å². The second-order valence-corrected chi connectivity index (χ2v) is 45.0. The molecule has 5 aromatic carbocycles. The minimum absolute atomic E-state index is 0. The summed E-state index contributed by atoms with van der Waals surface area (Å²) >= 11 is 22.1. The van der Waals surface area contributed by atoms with Crippen molar-refractivity contribution in [3.63, 3.8) is 0 Å². The molecule has 0 aliphatic heterocycles. The van der Waals surface area contributed by atoms with Crippen LogP contribution in [0.1, 0.15) is 477 Å². The standard InChI is InChI=1S/5C23H36S.5FH/c5*1-2-3-4-5-18-6-8-19(9-7-18)20-10-12-21(13-11-20)22-14-16-23(24)17-15-22;;;;;/h5*14-21,24H,2-13H2,1H3;5*1H. The molecule has 10 aliphatic carbocycles. The summed E-state index contributed by atoms with van der Waals surface area (Å²) < 4.78 is 0. The number of hydrogen-bond acceptors (Lipinski definition) is 5. The first-order valence-electron chi connectivity index (χ1n) is 52.7. The highest BCUT2D eigenvalue weighted by molar-refractivity contribution is 7.81. The molecule has 0 N–H and O–H groups in total. The molecule has 0 aromatic heterocycles. The van der Waals surface area contributed by atoms with Crippen LogP contribution in [-0.4, -0.2) is 0 Å². The van der Waals surface area contributed by atoms with Crippen LogP contribution >= 0.6 is 63.1 Å². The van der Waals surface area contributed by atoms with Gasteiger partial charge in [-0.15, -0.1) is 63.1 Å². The molecule has 0 saturated heterocycles. The first kappa shape index (κ1) is 111. The van der Waals surface area contributed by atoms with Crippen LogP contribution < -0.4 is 0 Å². The van der Waals surface area contributed by atoms with Crippen molar-refractivity contribution in [2.24, 2.45) is 88.8 Å². The Morgan fingerprint density at radius 1 is 0.160 bits per heavy atom. The third-order valence-electron chi connectivity index (χ3n) is 34.6. The van der Waals surface area contributed by atoms with Gasteiger partial charge in [0.25, 0.3) is 0 Å². The lowest BCUT2D eigenvalue weighted by Crippen LogP contribution is -2.25. The molecule has 0 unspecified atom stereocenters. The lowest BCUT2D eigenvalue weighted by atomic mass is 9.68. The van der Waals surface area contributed by atoms with Crippen LogP contribution in [0.3, 0.4) is 0 Å². The maximum Gasteiger partial charge on any atom is 0.00401 e. The Hall–Kier alpha value is -2.50. The maximum atomic E-state index is 4.41. The zero-order chi connectivity index (χ0) is 83.9. The van der Waals surface area contributed by atoms with Crippen LogP contribution in [0.2, 0.25) is 0 Å². The van der Waals surface area contributed by atoms with Gasteiger partial charge < -0.3 is 0 Å². The quantitative estimate of drug-likeness (QED) is 0.0169. The van der Waals surface area contributed by atoms with E-state index in [0.29, 0.717) is 0 Å². The molecule has 0 heterocycles. The van der Waals surface area contributed by atoms with Gasteiger partial charge in [-0.3, -0.25) is 23.5 Å². The lowest BCUT2D eigenvalue weighted by Gasteiger charge is -2.38. The second-order valence-electron chi connectivity index (χ2n) is 42.4. The van der Waals surface area contributed by atoms with Gasteiger partial charge >= 0.3 is 0 Å². The predicted molar refractivity (Wildman–Crippen MR) is 552 cm³/mol. The van der Waals surface area contributed by atoms with Crippen LogP contribution in [-0.2, 0) is 0 Å². The van der Waals surface area contributed by atoms with E-state index in [1.54, 1.807) is 27.8 Å². The first-order chi connectivity index (χ1) is 58.8. The molecule has 0 spiro atoms. The average molecular weight is 1820 g/mol. The molecule has 710 valence electrons. The number of hydrogen-bond donors (Lipinski definition) is 5. The van der Waals surface area contributed by atoms with E-state index in [9.17, 15) is 0 Å². The SMILES string of the molecule is CCCCCC1CCC(C2CCC(c3ccc(S)cc3)CC2)CC1.CCCCCC1CCC(C2CCC(c3ccc(S)cc3)CC2)CC1.CCCCCC1CCC(C2CCC(c3ccc(S)cc3)CC2)CC1.CCCCCC1CCC(C2CCC(c3ccc(S)cc3)CC2)CC1.CCCCCC1CCC(C2CCC(c3ccc(S)cc3)CC2)CC1.F.F.F.F.F. The van der Waals surface area contributed by atoms with Crippen LogP contribution in [0, 0.1) is 88.8 Å². The largest absolute Gasteiger partial charge is 0.269 e. The van der Waals surface area contributed by atoms with E-state index in [-0.39, 0.29) is 23.5 Å². The summed E-state index contributed by atoms with van der Waals surface area (Å²) in [6.07, 6.45) is 88.3. The summed E-state index contributed by atoms with van der Waals surface area (Å²) in [5.41, 5.74) is 7.74. The monoisotopic (exact) mass is 1820 g/mol. The van der Waals surface area contributed by atoms with E-state index in [1.807, 2.05) is 0 Å². The molecule has 0 nitrogen and oxygen atoms in total. The number of benzene rings is 5. The molecule has 10 saturated carbocycles. The molecule has 125 heavy (non-hydrogen) atoms. The Labute approximate surface area is 792 Å². The van der Waals surface area contributed by atoms with Crippen molar-refractivity contribution in [2.75, 3.05) is 0 Å². The molecule has 15 rings (SSSR count). The fourth-order valence-corrected chi connectivity index (χ4v) is 27.3. The minimum atomic E-state index is 0. The molecule has 5 aromatic rings. The summed E-state index contributed by atoms with van der Waals surface area (Å²) in [6.45, 7) is 11.6. The molecule has 0 radical (unpaired) electrons. The van der Waals surface area contributed by atoms with Gasteiger partial charge in [0.15, 0.2) is 0 Å². The topological polar surface area (TPSA) is 0 Å². The van der Waals surface area contributed by atoms with Gasteiger partial charge in [0.1, 0.15) is 0 Å². The van der Waals surface area contributed by atoms with Gasteiger partial charge in [-0.2, -0.15) is 0 Å². The van der Waals surface area contributed by atoms with Crippen molar-refractivity contribution in [3.05, 3.63) is 149 Å². The fourth-order valence-electron chi connectivity index (χ4n) is 26.5. The van der Waals surface area contributed by atoms with Crippen LogP contribution in [0.5, 0.6) is 0 Å². The van der Waals surface area contributed by atoms with Crippen LogP contribution in [0.4, 0.5) is 23.5 Å². The highest BCUT2D eigenvalue weighted by Crippen LogP contribution is 2.51. The Morgan fingerprint density at radius 3 is 0.384 bits per heavy atom. The van der Waals surface area contributed by atoms with Crippen molar-refractivity contribution >= 4 is 63.1 Å². The predicted octanol–water partition coefficient (Wildman–Crippen LogP) is 38.9. The summed E-state index contributed by atoms with van der Waals surface area (Å²) in [5, 5.41) is 0. The first-order valence-corrected chi connectivity index (χ1v) is 55.0. The van der Waals surface area contributed by atoms with Gasteiger partial charge in [0.05, 0.1) is 0 Å². The van der Waals surface area contributed by atoms with Gasteiger partial charge in [0, 0.05) is 24.5 Å². The minimum Gasteiger partial charge on any atom is -0.269 e. The van der Waals surface area contributed by atoms with E-state index >= 15 is 0 Å². The Balaban J connectivity index is 0.000000239. The van der Waals surface area contributed by atoms with Gasteiger partial charge in [-0.25, -0.2) is 0 Å². The average Bonchev–Trinajstić information content (AvgIpc) is 0.851. The van der Waals surface area contributed by atoms with E-state index in [1.165, 1.54) is 385 Å². The third kappa shape index (κ3) is 38.4. The summed E-state index contributed by atoms with van der Waals surface area (Å²) in [5.74, 6) is 19.7. The highest BCUT2D eigenvalue weighted by Gasteiger charge is 2.37. The van der Waals surface area contributed by atoms with E-state index in [4.69, 9.17) is 0 Å². The maximum absolute atomic E-state index is 4.41. The summed E-state index contributed by atoms with van der Waals surface area (Å²) in [4.78, 5) is 5.43. The van der Waals surface area contributed by atoms with Crippen molar-refractivity contribution in [3.8, 4) is 0 Å². The van der Waals surface area contributed by atoms with Crippen molar-refractivity contribution in [1.29, 1.82) is 0 Å². The zero-order valence-corrected chi connectivity index (χ0v) is 84.3. The van der Waals surface area contributed by atoms with Gasteiger partial charge in [-0.1, -0.05) is 288 Å². The van der Waals surface area contributed by atoms with Gasteiger partial charge in [-0.05, 0) is 399 Å². The molecule has 0 atom stereocenters. The molecule has 10 aliphatic rings. The van der Waals surface area contributed by atoms with Crippen LogP contribution in [0.15, 0.2) is 146 Å². The number of unbranched alkanes of at least 4 members (excludes halogenated alkanes) is 10. The number of rotatable bonds is 30. The molecule has 0 amide bonds. The molecule has 0 bridgehead atoms. The number of thiol groups is 5. The lowest BCUT2D eigenvalue weighted by molar-refractivity contribution is 0.155. The highest BCUT2D eigenvalue weighted by atomic mass is 32.1. The van der Waals surface area contributed by atoms with E-state index in [2.05, 4.69) is 219 Å². The van der Waals surface area contributed by atoms with E-state index < -0.39 is 0 Å². The van der Waals surface area contributed by atoms with E-state index in [0.717, 1.165) is 143 Å². The fraction of sp³-hybridized carbons (Fsp3) is 0.739. The van der Waals surface area contributed by atoms with Crippen molar-refractivity contribution in [2.45, 2.75) is 474 Å². The normalized spacial score (nSPS) is 29.8. The van der Waals surface area contributed by atoms with Crippen LogP contribution in [0.25, 0.3) is 0 Å². The molecule has 10 fully saturated rings. The molecule has 10 heteroatoms. The zero-order valence-electron chi connectivity index (χ0n) is 79.8. The summed E-state index contributed by atoms with van der Waals surface area (Å²) in [7, 11) is 0. The smallest absolute Gasteiger partial charge is 0.00401 e. The third-order valence-corrected chi connectivity index (χ3v) is 36.0. The Bertz CT molecular complexity index is 2870. The molecular weight excluding hydrogens is 1640 g/mol. The van der Waals surface area contributed by atoms with Crippen molar-refractivity contribution < 1.29 is 23.5 Å². The summed E-state index contributed by atoms with van der Waals surface area (Å²) in [6, 6.07) is 44.6. The number of halogens is 5. The molecular formula is C115H185F5S5.